The van der Waals surface area contributed by atoms with E-state index in [1.807, 2.05) is 0 Å². The van der Waals surface area contributed by atoms with E-state index in [2.05, 4.69) is 27.3 Å². The average Bonchev–Trinajstić information content (AvgIpc) is 2.28. The molecule has 15 heavy (non-hydrogen) atoms. The van der Waals surface area contributed by atoms with Gasteiger partial charge >= 0.3 is 5.97 Å². The van der Waals surface area contributed by atoms with E-state index in [0.717, 1.165) is 0 Å². The summed E-state index contributed by atoms with van der Waals surface area (Å²) in [5.41, 5.74) is 0.401. The van der Waals surface area contributed by atoms with Crippen molar-refractivity contribution in [3.8, 4) is 0 Å². The van der Waals surface area contributed by atoms with Gasteiger partial charge in [0, 0.05) is 18.1 Å². The fourth-order valence-corrected chi connectivity index (χ4v) is 1.12. The van der Waals surface area contributed by atoms with Crippen LogP contribution in [0.25, 0.3) is 0 Å². The number of rotatable bonds is 4. The van der Waals surface area contributed by atoms with Crippen LogP contribution in [-0.2, 0) is 16.0 Å². The molecule has 1 heterocycles. The quantitative estimate of drug-likeness (QED) is 0.591. The molecular weight excluding hydrogens is 216 g/mol. The normalized spacial score (nSPS) is 9.73. The van der Waals surface area contributed by atoms with Gasteiger partial charge in [0.05, 0.1) is 19.2 Å². The molecule has 0 atom stereocenters. The predicted octanol–water partition coefficient (Wildman–Crippen LogP) is 0.305. The van der Waals surface area contributed by atoms with Crippen molar-refractivity contribution in [1.29, 1.82) is 0 Å². The summed E-state index contributed by atoms with van der Waals surface area (Å²) >= 11 is 3.84. The van der Waals surface area contributed by atoms with Crippen molar-refractivity contribution < 1.29 is 14.3 Å². The molecule has 0 saturated carbocycles. The molecule has 0 aliphatic rings. The molecule has 1 aromatic heterocycles. The summed E-state index contributed by atoms with van der Waals surface area (Å²) in [5, 5.41) is 0. The average molecular weight is 226 g/mol. The van der Waals surface area contributed by atoms with Gasteiger partial charge in [0.15, 0.2) is 5.69 Å². The standard InChI is InChI=1S/C9H10N2O3S/c1-14-9(13)8-7(4-6(12)5-15)10-2-3-11-8/h2-3,15H,4-5H2,1H3. The van der Waals surface area contributed by atoms with Crippen LogP contribution in [0.5, 0.6) is 0 Å². The van der Waals surface area contributed by atoms with Crippen molar-refractivity contribution in [1.82, 2.24) is 9.97 Å². The van der Waals surface area contributed by atoms with Crippen LogP contribution >= 0.6 is 12.6 Å². The molecule has 0 unspecified atom stereocenters. The molecular formula is C9H10N2O3S. The summed E-state index contributed by atoms with van der Waals surface area (Å²) in [6.45, 7) is 0. The number of hydrogen-bond acceptors (Lipinski definition) is 6. The van der Waals surface area contributed by atoms with Crippen LogP contribution < -0.4 is 0 Å². The zero-order valence-electron chi connectivity index (χ0n) is 8.14. The number of ketones is 1. The molecule has 80 valence electrons. The second-order valence-corrected chi connectivity index (χ2v) is 3.03. The molecule has 5 nitrogen and oxygen atoms in total. The molecule has 0 aliphatic heterocycles. The van der Waals surface area contributed by atoms with Crippen molar-refractivity contribution in [3.05, 3.63) is 23.8 Å². The molecule has 1 rings (SSSR count). The first-order valence-electron chi connectivity index (χ1n) is 4.19. The first-order valence-corrected chi connectivity index (χ1v) is 4.83. The zero-order valence-corrected chi connectivity index (χ0v) is 9.03. The molecule has 1 aromatic rings. The molecule has 0 N–H and O–H groups in total. The van der Waals surface area contributed by atoms with Gasteiger partial charge < -0.3 is 4.74 Å². The summed E-state index contributed by atoms with van der Waals surface area (Å²) in [4.78, 5) is 30.1. The van der Waals surface area contributed by atoms with Crippen LogP contribution in [0.2, 0.25) is 0 Å². The number of ether oxygens (including phenoxy) is 1. The van der Waals surface area contributed by atoms with Crippen molar-refractivity contribution in [3.63, 3.8) is 0 Å². The molecule has 0 spiro atoms. The van der Waals surface area contributed by atoms with Gasteiger partial charge in [-0.2, -0.15) is 12.6 Å². The third-order valence-electron chi connectivity index (χ3n) is 1.69. The van der Waals surface area contributed by atoms with Crippen LogP contribution in [0.15, 0.2) is 12.4 Å². The highest BCUT2D eigenvalue weighted by molar-refractivity contribution is 7.81. The Hall–Kier alpha value is -1.43. The smallest absolute Gasteiger partial charge is 0.358 e. The first kappa shape index (κ1) is 11.6. The molecule has 0 fully saturated rings. The van der Waals surface area contributed by atoms with Gasteiger partial charge in [0.25, 0.3) is 0 Å². The number of thiol groups is 1. The Morgan fingerprint density at radius 1 is 1.40 bits per heavy atom. The Balaban J connectivity index is 2.96. The van der Waals surface area contributed by atoms with Crippen molar-refractivity contribution >= 4 is 24.4 Å². The van der Waals surface area contributed by atoms with E-state index in [1.54, 1.807) is 0 Å². The second kappa shape index (κ2) is 5.45. The second-order valence-electron chi connectivity index (χ2n) is 2.72. The van der Waals surface area contributed by atoms with Crippen molar-refractivity contribution in [2.24, 2.45) is 0 Å². The molecule has 0 saturated heterocycles. The number of aromatic nitrogens is 2. The lowest BCUT2D eigenvalue weighted by Crippen LogP contribution is -2.14. The fraction of sp³-hybridized carbons (Fsp3) is 0.333. The largest absolute Gasteiger partial charge is 0.464 e. The van der Waals surface area contributed by atoms with Crippen molar-refractivity contribution in [2.45, 2.75) is 6.42 Å². The Kier molecular flexibility index (Phi) is 4.23. The highest BCUT2D eigenvalue weighted by Crippen LogP contribution is 2.05. The maximum atomic E-state index is 11.2. The summed E-state index contributed by atoms with van der Waals surface area (Å²) in [6, 6.07) is 0. The van der Waals surface area contributed by atoms with Crippen LogP contribution in [0.4, 0.5) is 0 Å². The minimum atomic E-state index is -0.593. The molecule has 6 heteroatoms. The van der Waals surface area contributed by atoms with Gasteiger partial charge in [-0.15, -0.1) is 0 Å². The van der Waals surface area contributed by atoms with Gasteiger partial charge in [-0.1, -0.05) is 0 Å². The van der Waals surface area contributed by atoms with Gasteiger partial charge in [-0.05, 0) is 0 Å². The Morgan fingerprint density at radius 2 is 2.07 bits per heavy atom. The lowest BCUT2D eigenvalue weighted by atomic mass is 10.2. The van der Waals surface area contributed by atoms with Gasteiger partial charge in [-0.25, -0.2) is 9.78 Å². The molecule has 0 bridgehead atoms. The number of Topliss-reactive ketones (excluding diaryl/α,β-unsaturated/α-hetero) is 1. The van der Waals surface area contributed by atoms with Gasteiger partial charge in [-0.3, -0.25) is 9.78 Å². The van der Waals surface area contributed by atoms with Gasteiger partial charge in [0.2, 0.25) is 0 Å². The van der Waals surface area contributed by atoms with E-state index in [-0.39, 0.29) is 23.7 Å². The number of carbonyl (C=O) groups excluding carboxylic acids is 2. The van der Waals surface area contributed by atoms with Gasteiger partial charge in [0.1, 0.15) is 5.78 Å². The van der Waals surface area contributed by atoms with Crippen LogP contribution in [0, 0.1) is 0 Å². The maximum Gasteiger partial charge on any atom is 0.358 e. The topological polar surface area (TPSA) is 69.2 Å². The zero-order chi connectivity index (χ0) is 11.3. The SMILES string of the molecule is COC(=O)c1nccnc1CC(=O)CS. The minimum Gasteiger partial charge on any atom is -0.464 e. The molecule has 0 amide bonds. The van der Waals surface area contributed by atoms with E-state index in [4.69, 9.17) is 0 Å². The number of methoxy groups -OCH3 is 1. The third kappa shape index (κ3) is 3.02. The highest BCUT2D eigenvalue weighted by atomic mass is 32.1. The lowest BCUT2D eigenvalue weighted by molar-refractivity contribution is -0.116. The minimum absolute atomic E-state index is 0.0434. The number of hydrogen-bond donors (Lipinski definition) is 1. The summed E-state index contributed by atoms with van der Waals surface area (Å²) in [7, 11) is 1.25. The Bertz CT molecular complexity index is 381. The maximum absolute atomic E-state index is 11.2. The number of esters is 1. The van der Waals surface area contributed by atoms with E-state index in [0.29, 0.717) is 5.69 Å². The van der Waals surface area contributed by atoms with Crippen LogP contribution in [0.1, 0.15) is 16.2 Å². The summed E-state index contributed by atoms with van der Waals surface area (Å²) in [6.07, 6.45) is 2.84. The molecule has 0 aromatic carbocycles. The summed E-state index contributed by atoms with van der Waals surface area (Å²) < 4.78 is 4.52. The van der Waals surface area contributed by atoms with Crippen molar-refractivity contribution in [2.75, 3.05) is 12.9 Å². The lowest BCUT2D eigenvalue weighted by Gasteiger charge is -2.03. The number of nitrogens with zero attached hydrogens (tertiary/aromatic N) is 2. The first-order chi connectivity index (χ1) is 7.19. The Morgan fingerprint density at radius 3 is 2.67 bits per heavy atom. The molecule has 0 radical (unpaired) electrons. The molecule has 0 aliphatic carbocycles. The van der Waals surface area contributed by atoms with E-state index < -0.39 is 5.97 Å². The summed E-state index contributed by atoms with van der Waals surface area (Å²) in [5.74, 6) is -0.606. The predicted molar refractivity (Wildman–Crippen MR) is 55.9 cm³/mol. The fourth-order valence-electron chi connectivity index (χ4n) is 1.01. The van der Waals surface area contributed by atoms with E-state index in [1.165, 1.54) is 19.5 Å². The number of carbonyl (C=O) groups is 2. The highest BCUT2D eigenvalue weighted by Gasteiger charge is 2.16. The third-order valence-corrected chi connectivity index (χ3v) is 2.05. The van der Waals surface area contributed by atoms with E-state index in [9.17, 15) is 9.59 Å². The monoisotopic (exact) mass is 226 g/mol. The van der Waals surface area contributed by atoms with E-state index >= 15 is 0 Å². The Labute approximate surface area is 92.3 Å². The van der Waals surface area contributed by atoms with Crippen LogP contribution in [-0.4, -0.2) is 34.6 Å². The van der Waals surface area contributed by atoms with Crippen LogP contribution in [0.3, 0.4) is 0 Å².